The number of carbonyl (C=O) groups is 1. The summed E-state index contributed by atoms with van der Waals surface area (Å²) in [4.78, 5) is 16.9. The van der Waals surface area contributed by atoms with Gasteiger partial charge in [-0.05, 0) is 42.7 Å². The lowest BCUT2D eigenvalue weighted by Crippen LogP contribution is -2.00. The number of hydrogen-bond donors (Lipinski definition) is 0. The first kappa shape index (κ1) is 15.9. The lowest BCUT2D eigenvalue weighted by molar-refractivity contribution is 0.0981. The molecule has 2 aromatic carbocycles. The van der Waals surface area contributed by atoms with Gasteiger partial charge in [0.2, 0.25) is 0 Å². The van der Waals surface area contributed by atoms with Gasteiger partial charge < -0.3 is 4.42 Å². The monoisotopic (exact) mass is 317 g/mol. The van der Waals surface area contributed by atoms with Gasteiger partial charge in [-0.2, -0.15) is 0 Å². The Bertz CT molecular complexity index is 805. The zero-order chi connectivity index (χ0) is 16.6. The van der Waals surface area contributed by atoms with Gasteiger partial charge in [-0.3, -0.25) is 9.79 Å². The first-order chi connectivity index (χ1) is 11.8. The number of para-hydroxylation sites is 1. The van der Waals surface area contributed by atoms with E-state index in [2.05, 4.69) is 17.1 Å². The van der Waals surface area contributed by atoms with Crippen LogP contribution in [0.4, 0.5) is 5.69 Å². The molecule has 1 heterocycles. The molecule has 3 aromatic rings. The molecule has 3 rings (SSSR count). The molecule has 24 heavy (non-hydrogen) atoms. The molecule has 0 aliphatic rings. The molecule has 3 heteroatoms. The van der Waals surface area contributed by atoms with Gasteiger partial charge in [0, 0.05) is 12.0 Å². The van der Waals surface area contributed by atoms with E-state index in [4.69, 9.17) is 4.42 Å². The number of Topliss-reactive ketones (excluding diaryl/α,β-unsaturated/α-hetero) is 1. The van der Waals surface area contributed by atoms with Crippen LogP contribution in [0.2, 0.25) is 0 Å². The van der Waals surface area contributed by atoms with Gasteiger partial charge in [-0.15, -0.1) is 0 Å². The Kier molecular flexibility index (Phi) is 5.36. The van der Waals surface area contributed by atoms with Crippen molar-refractivity contribution >= 4 is 17.7 Å². The van der Waals surface area contributed by atoms with Crippen LogP contribution < -0.4 is 0 Å². The van der Waals surface area contributed by atoms with E-state index < -0.39 is 0 Å². The van der Waals surface area contributed by atoms with E-state index in [0.29, 0.717) is 23.4 Å². The third-order valence-corrected chi connectivity index (χ3v) is 3.79. The van der Waals surface area contributed by atoms with Crippen LogP contribution in [0.5, 0.6) is 0 Å². The van der Waals surface area contributed by atoms with Crippen LogP contribution in [0.15, 0.2) is 82.4 Å². The molecule has 0 saturated carbocycles. The van der Waals surface area contributed by atoms with Gasteiger partial charge in [0.1, 0.15) is 5.76 Å². The predicted octanol–water partition coefficient (Wildman–Crippen LogP) is 5.24. The summed E-state index contributed by atoms with van der Waals surface area (Å²) in [5, 5.41) is 0. The Hall–Kier alpha value is -2.94. The average Bonchev–Trinajstić information content (AvgIpc) is 3.14. The van der Waals surface area contributed by atoms with Gasteiger partial charge in [0.25, 0.3) is 0 Å². The fourth-order valence-electron chi connectivity index (χ4n) is 2.55. The van der Waals surface area contributed by atoms with E-state index in [-0.39, 0.29) is 5.78 Å². The summed E-state index contributed by atoms with van der Waals surface area (Å²) in [6, 6.07) is 21.3. The molecule has 0 fully saturated rings. The molecule has 3 nitrogen and oxygen atoms in total. The summed E-state index contributed by atoms with van der Waals surface area (Å²) in [5.41, 5.74) is 2.60. The summed E-state index contributed by atoms with van der Waals surface area (Å²) >= 11 is 0. The van der Waals surface area contributed by atoms with Crippen LogP contribution in [-0.4, -0.2) is 12.0 Å². The van der Waals surface area contributed by atoms with E-state index in [1.807, 2.05) is 54.6 Å². The van der Waals surface area contributed by atoms with E-state index in [0.717, 1.165) is 12.8 Å². The highest BCUT2D eigenvalue weighted by Gasteiger charge is 2.10. The topological polar surface area (TPSA) is 42.6 Å². The minimum absolute atomic E-state index is 0.123. The highest BCUT2D eigenvalue weighted by molar-refractivity contribution is 6.01. The Morgan fingerprint density at radius 2 is 1.75 bits per heavy atom. The van der Waals surface area contributed by atoms with Crippen molar-refractivity contribution in [1.82, 2.24) is 0 Å². The molecule has 0 spiro atoms. The second kappa shape index (κ2) is 8.06. The quantitative estimate of drug-likeness (QED) is 0.442. The Labute approximate surface area is 141 Å². The standard InChI is InChI=1S/C21H19NO2/c23-21(14-6-10-17-8-2-1-3-9-17)19-12-4-5-13-20(19)22-16-18-11-7-15-24-18/h1-5,7-9,11-13,15-16H,6,10,14H2. The summed E-state index contributed by atoms with van der Waals surface area (Å²) in [6.45, 7) is 0. The Morgan fingerprint density at radius 3 is 2.54 bits per heavy atom. The maximum absolute atomic E-state index is 12.5. The largest absolute Gasteiger partial charge is 0.463 e. The number of rotatable bonds is 7. The van der Waals surface area contributed by atoms with E-state index in [1.54, 1.807) is 12.5 Å². The molecule has 0 aliphatic heterocycles. The predicted molar refractivity (Wildman–Crippen MR) is 96.1 cm³/mol. The van der Waals surface area contributed by atoms with Gasteiger partial charge in [-0.1, -0.05) is 42.5 Å². The molecule has 0 amide bonds. The molecular weight excluding hydrogens is 298 g/mol. The number of ketones is 1. The number of aliphatic imine (C=N–C) groups is 1. The summed E-state index contributed by atoms with van der Waals surface area (Å²) in [7, 11) is 0. The second-order valence-electron chi connectivity index (χ2n) is 5.55. The SMILES string of the molecule is O=C(CCCc1ccccc1)c1ccccc1N=Cc1ccco1. The van der Waals surface area contributed by atoms with Crippen molar-refractivity contribution in [2.45, 2.75) is 19.3 Å². The van der Waals surface area contributed by atoms with E-state index in [9.17, 15) is 4.79 Å². The van der Waals surface area contributed by atoms with Gasteiger partial charge in [0.05, 0.1) is 18.2 Å². The fraction of sp³-hybridized carbons (Fsp3) is 0.143. The van der Waals surface area contributed by atoms with E-state index in [1.165, 1.54) is 5.56 Å². The molecule has 0 saturated heterocycles. The lowest BCUT2D eigenvalue weighted by Gasteiger charge is -2.05. The van der Waals surface area contributed by atoms with Crippen LogP contribution in [-0.2, 0) is 6.42 Å². The number of benzene rings is 2. The minimum Gasteiger partial charge on any atom is -0.463 e. The van der Waals surface area contributed by atoms with Crippen molar-refractivity contribution in [3.05, 3.63) is 89.9 Å². The molecule has 0 radical (unpaired) electrons. The molecule has 0 unspecified atom stereocenters. The number of hydrogen-bond acceptors (Lipinski definition) is 3. The summed E-state index contributed by atoms with van der Waals surface area (Å²) < 4.78 is 5.24. The summed E-state index contributed by atoms with van der Waals surface area (Å²) in [5.74, 6) is 0.791. The van der Waals surface area contributed by atoms with Crippen LogP contribution in [0.25, 0.3) is 0 Å². The molecule has 120 valence electrons. The Morgan fingerprint density at radius 1 is 0.958 bits per heavy atom. The minimum atomic E-state index is 0.123. The maximum Gasteiger partial charge on any atom is 0.165 e. The third-order valence-electron chi connectivity index (χ3n) is 3.79. The highest BCUT2D eigenvalue weighted by atomic mass is 16.3. The first-order valence-corrected chi connectivity index (χ1v) is 8.06. The van der Waals surface area contributed by atoms with Gasteiger partial charge in [-0.25, -0.2) is 0 Å². The molecule has 0 N–H and O–H groups in total. The number of carbonyl (C=O) groups excluding carboxylic acids is 1. The zero-order valence-corrected chi connectivity index (χ0v) is 13.4. The summed E-state index contributed by atoms with van der Waals surface area (Å²) in [6.07, 6.45) is 5.49. The zero-order valence-electron chi connectivity index (χ0n) is 13.4. The molecule has 0 atom stereocenters. The highest BCUT2D eigenvalue weighted by Crippen LogP contribution is 2.21. The van der Waals surface area contributed by atoms with Crippen LogP contribution >= 0.6 is 0 Å². The number of nitrogens with zero attached hydrogens (tertiary/aromatic N) is 1. The maximum atomic E-state index is 12.5. The van der Waals surface area contributed by atoms with Crippen LogP contribution in [0, 0.1) is 0 Å². The third kappa shape index (κ3) is 4.29. The van der Waals surface area contributed by atoms with Crippen molar-refractivity contribution in [2.75, 3.05) is 0 Å². The van der Waals surface area contributed by atoms with Gasteiger partial charge >= 0.3 is 0 Å². The van der Waals surface area contributed by atoms with Crippen molar-refractivity contribution in [3.63, 3.8) is 0 Å². The van der Waals surface area contributed by atoms with Crippen molar-refractivity contribution in [3.8, 4) is 0 Å². The normalized spacial score (nSPS) is 11.0. The van der Waals surface area contributed by atoms with Crippen LogP contribution in [0.1, 0.15) is 34.5 Å². The van der Waals surface area contributed by atoms with Crippen molar-refractivity contribution < 1.29 is 9.21 Å². The molecule has 0 aliphatic carbocycles. The fourth-order valence-corrected chi connectivity index (χ4v) is 2.55. The molecule has 1 aromatic heterocycles. The lowest BCUT2D eigenvalue weighted by atomic mass is 10.0. The number of aryl methyl sites for hydroxylation is 1. The molecular formula is C21H19NO2. The smallest absolute Gasteiger partial charge is 0.165 e. The van der Waals surface area contributed by atoms with Crippen molar-refractivity contribution in [2.24, 2.45) is 4.99 Å². The molecule has 0 bridgehead atoms. The van der Waals surface area contributed by atoms with Crippen LogP contribution in [0.3, 0.4) is 0 Å². The van der Waals surface area contributed by atoms with E-state index >= 15 is 0 Å². The average molecular weight is 317 g/mol. The first-order valence-electron chi connectivity index (χ1n) is 8.06. The second-order valence-corrected chi connectivity index (χ2v) is 5.55. The Balaban J connectivity index is 1.64. The number of furan rings is 1. The van der Waals surface area contributed by atoms with Crippen molar-refractivity contribution in [1.29, 1.82) is 0 Å². The van der Waals surface area contributed by atoms with Gasteiger partial charge in [0.15, 0.2) is 5.78 Å².